The Morgan fingerprint density at radius 2 is 1.83 bits per heavy atom. The molecule has 2 aromatic carbocycles. The third-order valence-electron chi connectivity index (χ3n) is 3.49. The summed E-state index contributed by atoms with van der Waals surface area (Å²) >= 11 is 1.74. The number of thioether (sulfide) groups is 1. The van der Waals surface area contributed by atoms with Gasteiger partial charge < -0.3 is 5.32 Å². The summed E-state index contributed by atoms with van der Waals surface area (Å²) in [5.74, 6) is 0.804. The van der Waals surface area contributed by atoms with Gasteiger partial charge in [0.25, 0.3) is 5.91 Å². The predicted octanol–water partition coefficient (Wildman–Crippen LogP) is 4.07. The number of nitrogens with one attached hydrogen (secondary N) is 1. The monoisotopic (exact) mass is 322 g/mol. The zero-order valence-electron chi connectivity index (χ0n) is 13.0. The fraction of sp³-hybridized carbons (Fsp3) is 0.158. The van der Waals surface area contributed by atoms with Gasteiger partial charge in [-0.15, -0.1) is 11.8 Å². The molecule has 116 valence electrons. The quantitative estimate of drug-likeness (QED) is 0.569. The Kier molecular flexibility index (Phi) is 4.93. The maximum atomic E-state index is 12.5. The summed E-state index contributed by atoms with van der Waals surface area (Å²) < 4.78 is 0. The highest BCUT2D eigenvalue weighted by Gasteiger charge is 2.11. The molecule has 1 amide bonds. The van der Waals surface area contributed by atoms with Crippen LogP contribution in [0.5, 0.6) is 0 Å². The molecule has 0 saturated carbocycles. The first-order chi connectivity index (χ1) is 11.2. The lowest BCUT2D eigenvalue weighted by molar-refractivity contribution is 0.0957. The second-order valence-corrected chi connectivity index (χ2v) is 6.41. The first-order valence-corrected chi connectivity index (χ1v) is 8.55. The number of carbonyl (C=O) groups excluding carboxylic acids is 1. The molecule has 0 aliphatic rings. The van der Waals surface area contributed by atoms with Gasteiger partial charge in [0.05, 0.1) is 11.1 Å². The van der Waals surface area contributed by atoms with Crippen LogP contribution in [0, 0.1) is 6.92 Å². The molecular weight excluding hydrogens is 304 g/mol. The number of fused-ring (bicyclic) bond motifs is 1. The van der Waals surface area contributed by atoms with Crippen molar-refractivity contribution in [2.75, 3.05) is 12.3 Å². The minimum atomic E-state index is -0.0413. The molecule has 1 heterocycles. The zero-order chi connectivity index (χ0) is 16.1. The van der Waals surface area contributed by atoms with E-state index in [0.717, 1.165) is 22.3 Å². The van der Waals surface area contributed by atoms with Crippen molar-refractivity contribution in [3.05, 3.63) is 71.9 Å². The number of amides is 1. The molecule has 4 heteroatoms. The van der Waals surface area contributed by atoms with Gasteiger partial charge in [0, 0.05) is 28.3 Å². The van der Waals surface area contributed by atoms with Crippen molar-refractivity contribution < 1.29 is 4.79 Å². The Morgan fingerprint density at radius 1 is 1.09 bits per heavy atom. The van der Waals surface area contributed by atoms with Gasteiger partial charge in [-0.1, -0.05) is 36.4 Å². The van der Waals surface area contributed by atoms with Gasteiger partial charge in [-0.2, -0.15) is 0 Å². The molecule has 0 radical (unpaired) electrons. The Morgan fingerprint density at radius 3 is 2.65 bits per heavy atom. The second kappa shape index (κ2) is 7.29. The number of nitrogens with zero attached hydrogens (tertiary/aromatic N) is 1. The summed E-state index contributed by atoms with van der Waals surface area (Å²) in [5.41, 5.74) is 2.40. The van der Waals surface area contributed by atoms with Crippen LogP contribution in [0.25, 0.3) is 10.9 Å². The summed E-state index contributed by atoms with van der Waals surface area (Å²) in [6, 6.07) is 19.8. The first-order valence-electron chi connectivity index (χ1n) is 7.56. The summed E-state index contributed by atoms with van der Waals surface area (Å²) in [5, 5.41) is 3.90. The molecule has 23 heavy (non-hydrogen) atoms. The van der Waals surface area contributed by atoms with Gasteiger partial charge in [0.1, 0.15) is 0 Å². The van der Waals surface area contributed by atoms with E-state index < -0.39 is 0 Å². The zero-order valence-corrected chi connectivity index (χ0v) is 13.8. The molecular formula is C19H18N2OS. The second-order valence-electron chi connectivity index (χ2n) is 5.25. The van der Waals surface area contributed by atoms with Crippen molar-refractivity contribution in [1.82, 2.24) is 10.3 Å². The fourth-order valence-corrected chi connectivity index (χ4v) is 3.23. The minimum Gasteiger partial charge on any atom is -0.351 e. The highest BCUT2D eigenvalue weighted by Crippen LogP contribution is 2.19. The third kappa shape index (κ3) is 3.90. The van der Waals surface area contributed by atoms with Crippen molar-refractivity contribution in [3.63, 3.8) is 0 Å². The number of aryl methyl sites for hydroxylation is 1. The van der Waals surface area contributed by atoms with Crippen LogP contribution in [0.4, 0.5) is 0 Å². The van der Waals surface area contributed by atoms with E-state index in [9.17, 15) is 4.79 Å². The van der Waals surface area contributed by atoms with Gasteiger partial charge in [-0.05, 0) is 31.2 Å². The Hall–Kier alpha value is -2.33. The third-order valence-corrected chi connectivity index (χ3v) is 4.50. The number of benzene rings is 2. The van der Waals surface area contributed by atoms with E-state index in [0.29, 0.717) is 12.1 Å². The standard InChI is InChI=1S/C19H18N2OS/c1-14-13-17(16-9-5-6-10-18(16)21-14)19(22)20-11-12-23-15-7-3-2-4-8-15/h2-10,13H,11-12H2,1H3,(H,20,22). The summed E-state index contributed by atoms with van der Waals surface area (Å²) in [6.07, 6.45) is 0. The molecule has 3 aromatic rings. The number of pyridine rings is 1. The van der Waals surface area contributed by atoms with Crippen molar-refractivity contribution >= 4 is 28.6 Å². The van der Waals surface area contributed by atoms with Gasteiger partial charge in [0.15, 0.2) is 0 Å². The lowest BCUT2D eigenvalue weighted by atomic mass is 10.1. The van der Waals surface area contributed by atoms with E-state index in [4.69, 9.17) is 0 Å². The molecule has 0 fully saturated rings. The molecule has 3 nitrogen and oxygen atoms in total. The highest BCUT2D eigenvalue weighted by atomic mass is 32.2. The maximum Gasteiger partial charge on any atom is 0.252 e. The summed E-state index contributed by atoms with van der Waals surface area (Å²) in [6.45, 7) is 2.54. The van der Waals surface area contributed by atoms with Crippen molar-refractivity contribution in [2.24, 2.45) is 0 Å². The van der Waals surface area contributed by atoms with E-state index in [1.807, 2.05) is 55.5 Å². The van der Waals surface area contributed by atoms with Gasteiger partial charge in [-0.25, -0.2) is 0 Å². The van der Waals surface area contributed by atoms with Crippen LogP contribution in [-0.2, 0) is 0 Å². The Labute approximate surface area is 140 Å². The van der Waals surface area contributed by atoms with E-state index in [1.165, 1.54) is 4.90 Å². The van der Waals surface area contributed by atoms with Crippen LogP contribution in [0.3, 0.4) is 0 Å². The van der Waals surface area contributed by atoms with Crippen molar-refractivity contribution in [1.29, 1.82) is 0 Å². The van der Waals surface area contributed by atoms with E-state index in [1.54, 1.807) is 11.8 Å². The van der Waals surface area contributed by atoms with Gasteiger partial charge in [0.2, 0.25) is 0 Å². The van der Waals surface area contributed by atoms with E-state index in [-0.39, 0.29) is 5.91 Å². The molecule has 0 saturated heterocycles. The van der Waals surface area contributed by atoms with Crippen molar-refractivity contribution in [2.45, 2.75) is 11.8 Å². The SMILES string of the molecule is Cc1cc(C(=O)NCCSc2ccccc2)c2ccccc2n1. The summed E-state index contributed by atoms with van der Waals surface area (Å²) in [4.78, 5) is 18.2. The van der Waals surface area contributed by atoms with Gasteiger partial charge >= 0.3 is 0 Å². The number of para-hydroxylation sites is 1. The molecule has 1 N–H and O–H groups in total. The smallest absolute Gasteiger partial charge is 0.252 e. The van der Waals surface area contributed by atoms with E-state index in [2.05, 4.69) is 22.4 Å². The molecule has 0 aliphatic heterocycles. The normalized spacial score (nSPS) is 10.7. The fourth-order valence-electron chi connectivity index (χ4n) is 2.44. The first kappa shape index (κ1) is 15.6. The average molecular weight is 322 g/mol. The highest BCUT2D eigenvalue weighted by molar-refractivity contribution is 7.99. The van der Waals surface area contributed by atoms with Crippen LogP contribution < -0.4 is 5.32 Å². The summed E-state index contributed by atoms with van der Waals surface area (Å²) in [7, 11) is 0. The molecule has 0 bridgehead atoms. The van der Waals surface area contributed by atoms with Crippen LogP contribution in [0.15, 0.2) is 65.6 Å². The van der Waals surface area contributed by atoms with Gasteiger partial charge in [-0.3, -0.25) is 9.78 Å². The lowest BCUT2D eigenvalue weighted by Crippen LogP contribution is -2.26. The number of carbonyl (C=O) groups is 1. The number of aromatic nitrogens is 1. The molecule has 3 rings (SSSR count). The maximum absolute atomic E-state index is 12.5. The van der Waals surface area contributed by atoms with Crippen molar-refractivity contribution in [3.8, 4) is 0 Å². The lowest BCUT2D eigenvalue weighted by Gasteiger charge is -2.09. The average Bonchev–Trinajstić information content (AvgIpc) is 2.58. The topological polar surface area (TPSA) is 42.0 Å². The van der Waals surface area contributed by atoms with E-state index >= 15 is 0 Å². The Balaban J connectivity index is 1.64. The molecule has 1 aromatic heterocycles. The molecule has 0 aliphatic carbocycles. The largest absolute Gasteiger partial charge is 0.351 e. The molecule has 0 atom stereocenters. The molecule has 0 spiro atoms. The minimum absolute atomic E-state index is 0.0413. The van der Waals surface area contributed by atoms with Crippen LogP contribution in [-0.4, -0.2) is 23.2 Å². The Bertz CT molecular complexity index is 818. The van der Waals surface area contributed by atoms with Crippen LogP contribution in [0.1, 0.15) is 16.1 Å². The predicted molar refractivity (Wildman–Crippen MR) is 96.0 cm³/mol. The molecule has 0 unspecified atom stereocenters. The number of hydrogen-bond acceptors (Lipinski definition) is 3. The van der Waals surface area contributed by atoms with Crippen LogP contribution in [0.2, 0.25) is 0 Å². The number of hydrogen-bond donors (Lipinski definition) is 1. The number of rotatable bonds is 5. The van der Waals surface area contributed by atoms with Crippen LogP contribution >= 0.6 is 11.8 Å².